The molecule has 0 spiro atoms. The van der Waals surface area contributed by atoms with Gasteiger partial charge >= 0.3 is 0 Å². The van der Waals surface area contributed by atoms with Crippen LogP contribution < -0.4 is 11.1 Å². The van der Waals surface area contributed by atoms with Gasteiger partial charge in [-0.3, -0.25) is 4.79 Å². The molecule has 0 aliphatic rings. The number of fused-ring (bicyclic) bond motifs is 1. The number of para-hydroxylation sites is 1. The minimum absolute atomic E-state index is 0.0619. The van der Waals surface area contributed by atoms with Gasteiger partial charge in [0.2, 0.25) is 5.91 Å². The predicted octanol–water partition coefficient (Wildman–Crippen LogP) is 1.86. The Morgan fingerprint density at radius 1 is 1.40 bits per heavy atom. The second-order valence-corrected chi connectivity index (χ2v) is 6.02. The van der Waals surface area contributed by atoms with E-state index < -0.39 is 0 Å². The van der Waals surface area contributed by atoms with Crippen LogP contribution >= 0.6 is 0 Å². The maximum Gasteiger partial charge on any atom is 0.226 e. The normalized spacial score (nSPS) is 13.4. The third-order valence-corrected chi connectivity index (χ3v) is 3.40. The van der Waals surface area contributed by atoms with E-state index in [0.29, 0.717) is 17.8 Å². The van der Waals surface area contributed by atoms with Crippen molar-refractivity contribution >= 4 is 16.9 Å². The van der Waals surface area contributed by atoms with Crippen molar-refractivity contribution in [1.82, 2.24) is 10.5 Å². The molecule has 2 aromatic rings. The van der Waals surface area contributed by atoms with Gasteiger partial charge in [0.25, 0.3) is 0 Å². The molecule has 0 radical (unpaired) electrons. The smallest absolute Gasteiger partial charge is 0.226 e. The summed E-state index contributed by atoms with van der Waals surface area (Å²) in [5.74, 6) is -0.0885. The second-order valence-electron chi connectivity index (χ2n) is 6.02. The zero-order chi connectivity index (χ0) is 14.8. The Bertz CT molecular complexity index is 598. The molecule has 1 amide bonds. The standard InChI is InChI=1S/C15H21N3O2/c1-15(2,3)13(9-16)17-14(19)8-11-10-6-4-5-7-12(10)20-18-11/h4-7,13H,8-9,16H2,1-3H3,(H,17,19). The highest BCUT2D eigenvalue weighted by Crippen LogP contribution is 2.20. The molecular formula is C15H21N3O2. The average Bonchev–Trinajstić information content (AvgIpc) is 2.78. The molecule has 108 valence electrons. The number of hydrogen-bond acceptors (Lipinski definition) is 4. The van der Waals surface area contributed by atoms with Crippen LogP contribution in [0.1, 0.15) is 26.5 Å². The Labute approximate surface area is 118 Å². The van der Waals surface area contributed by atoms with Crippen LogP contribution in [0.2, 0.25) is 0 Å². The van der Waals surface area contributed by atoms with Gasteiger partial charge in [0.15, 0.2) is 5.58 Å². The number of benzene rings is 1. The second kappa shape index (κ2) is 5.63. The van der Waals surface area contributed by atoms with E-state index in [4.69, 9.17) is 10.3 Å². The highest BCUT2D eigenvalue weighted by molar-refractivity contribution is 5.86. The molecule has 2 rings (SSSR count). The monoisotopic (exact) mass is 275 g/mol. The summed E-state index contributed by atoms with van der Waals surface area (Å²) >= 11 is 0. The Balaban J connectivity index is 2.08. The van der Waals surface area contributed by atoms with Crippen LogP contribution in [0.25, 0.3) is 11.0 Å². The number of hydrogen-bond donors (Lipinski definition) is 2. The highest BCUT2D eigenvalue weighted by Gasteiger charge is 2.25. The predicted molar refractivity (Wildman–Crippen MR) is 78.2 cm³/mol. The van der Waals surface area contributed by atoms with E-state index in [0.717, 1.165) is 5.39 Å². The van der Waals surface area contributed by atoms with Crippen molar-refractivity contribution in [1.29, 1.82) is 0 Å². The van der Waals surface area contributed by atoms with Gasteiger partial charge in [-0.1, -0.05) is 38.1 Å². The maximum atomic E-state index is 12.1. The Hall–Kier alpha value is -1.88. The van der Waals surface area contributed by atoms with Crippen molar-refractivity contribution in [3.05, 3.63) is 30.0 Å². The quantitative estimate of drug-likeness (QED) is 0.892. The Kier molecular flexibility index (Phi) is 4.09. The van der Waals surface area contributed by atoms with Gasteiger partial charge < -0.3 is 15.6 Å². The highest BCUT2D eigenvalue weighted by atomic mass is 16.5. The summed E-state index contributed by atoms with van der Waals surface area (Å²) in [6, 6.07) is 7.45. The first-order chi connectivity index (χ1) is 9.41. The number of rotatable bonds is 4. The molecule has 3 N–H and O–H groups in total. The molecule has 0 saturated heterocycles. The first-order valence-corrected chi connectivity index (χ1v) is 6.74. The average molecular weight is 275 g/mol. The molecule has 0 aliphatic carbocycles. The van der Waals surface area contributed by atoms with Gasteiger partial charge in [0, 0.05) is 18.0 Å². The number of nitrogens with zero attached hydrogens (tertiary/aromatic N) is 1. The minimum atomic E-state index is -0.0885. The SMILES string of the molecule is CC(C)(C)C(CN)NC(=O)Cc1noc2ccccc12. The molecule has 1 unspecified atom stereocenters. The fourth-order valence-corrected chi connectivity index (χ4v) is 2.09. The molecule has 0 aliphatic heterocycles. The summed E-state index contributed by atoms with van der Waals surface area (Å²) in [4.78, 5) is 12.1. The summed E-state index contributed by atoms with van der Waals surface area (Å²) < 4.78 is 5.19. The van der Waals surface area contributed by atoms with E-state index in [1.807, 2.05) is 24.3 Å². The van der Waals surface area contributed by atoms with Gasteiger partial charge in [-0.05, 0) is 17.5 Å². The molecule has 5 nitrogen and oxygen atoms in total. The lowest BCUT2D eigenvalue weighted by Gasteiger charge is -2.30. The van der Waals surface area contributed by atoms with Gasteiger partial charge in [0.05, 0.1) is 6.42 Å². The first-order valence-electron chi connectivity index (χ1n) is 6.74. The number of aromatic nitrogens is 1. The topological polar surface area (TPSA) is 81.1 Å². The summed E-state index contributed by atoms with van der Waals surface area (Å²) in [7, 11) is 0. The molecule has 1 heterocycles. The van der Waals surface area contributed by atoms with E-state index in [2.05, 4.69) is 31.2 Å². The third-order valence-electron chi connectivity index (χ3n) is 3.40. The van der Waals surface area contributed by atoms with Crippen molar-refractivity contribution in [2.45, 2.75) is 33.2 Å². The lowest BCUT2D eigenvalue weighted by molar-refractivity contribution is -0.121. The first kappa shape index (κ1) is 14.5. The van der Waals surface area contributed by atoms with Gasteiger partial charge in [-0.15, -0.1) is 0 Å². The van der Waals surface area contributed by atoms with Crippen LogP contribution in [0.4, 0.5) is 0 Å². The lowest BCUT2D eigenvalue weighted by Crippen LogP contribution is -2.48. The van der Waals surface area contributed by atoms with Crippen molar-refractivity contribution in [2.24, 2.45) is 11.1 Å². The molecule has 1 aromatic heterocycles. The fourth-order valence-electron chi connectivity index (χ4n) is 2.09. The lowest BCUT2D eigenvalue weighted by atomic mass is 9.86. The zero-order valence-corrected chi connectivity index (χ0v) is 12.1. The number of amides is 1. The minimum Gasteiger partial charge on any atom is -0.356 e. The van der Waals surface area contributed by atoms with E-state index in [1.165, 1.54) is 0 Å². The molecular weight excluding hydrogens is 254 g/mol. The number of nitrogens with two attached hydrogens (primary N) is 1. The molecule has 5 heteroatoms. The van der Waals surface area contributed by atoms with Crippen LogP contribution in [0.3, 0.4) is 0 Å². The van der Waals surface area contributed by atoms with Gasteiger partial charge in [-0.25, -0.2) is 0 Å². The van der Waals surface area contributed by atoms with Crippen molar-refractivity contribution in [3.8, 4) is 0 Å². The van der Waals surface area contributed by atoms with E-state index in [-0.39, 0.29) is 23.8 Å². The van der Waals surface area contributed by atoms with E-state index in [9.17, 15) is 4.79 Å². The van der Waals surface area contributed by atoms with Gasteiger partial charge in [-0.2, -0.15) is 0 Å². The number of carbonyl (C=O) groups is 1. The molecule has 1 atom stereocenters. The maximum absolute atomic E-state index is 12.1. The third kappa shape index (κ3) is 3.17. The van der Waals surface area contributed by atoms with Crippen molar-refractivity contribution in [3.63, 3.8) is 0 Å². The summed E-state index contributed by atoms with van der Waals surface area (Å²) in [5.41, 5.74) is 7.00. The van der Waals surface area contributed by atoms with E-state index in [1.54, 1.807) is 0 Å². The van der Waals surface area contributed by atoms with Crippen molar-refractivity contribution in [2.75, 3.05) is 6.54 Å². The Morgan fingerprint density at radius 2 is 2.10 bits per heavy atom. The summed E-state index contributed by atoms with van der Waals surface area (Å²) in [5, 5.41) is 7.81. The van der Waals surface area contributed by atoms with Crippen LogP contribution in [0, 0.1) is 5.41 Å². The van der Waals surface area contributed by atoms with Crippen molar-refractivity contribution < 1.29 is 9.32 Å². The fraction of sp³-hybridized carbons (Fsp3) is 0.467. The van der Waals surface area contributed by atoms with Crippen LogP contribution in [-0.4, -0.2) is 23.7 Å². The molecule has 1 aromatic carbocycles. The van der Waals surface area contributed by atoms with Crippen LogP contribution in [-0.2, 0) is 11.2 Å². The molecule has 20 heavy (non-hydrogen) atoms. The zero-order valence-electron chi connectivity index (χ0n) is 12.1. The summed E-state index contributed by atoms with van der Waals surface area (Å²) in [6.07, 6.45) is 0.198. The van der Waals surface area contributed by atoms with E-state index >= 15 is 0 Å². The van der Waals surface area contributed by atoms with Crippen LogP contribution in [0.15, 0.2) is 28.8 Å². The Morgan fingerprint density at radius 3 is 2.75 bits per heavy atom. The number of nitrogens with one attached hydrogen (secondary N) is 1. The molecule has 0 bridgehead atoms. The van der Waals surface area contributed by atoms with Gasteiger partial charge in [0.1, 0.15) is 5.69 Å². The van der Waals surface area contributed by atoms with Crippen LogP contribution in [0.5, 0.6) is 0 Å². The number of carbonyl (C=O) groups excluding carboxylic acids is 1. The summed E-state index contributed by atoms with van der Waals surface area (Å²) in [6.45, 7) is 6.57. The largest absolute Gasteiger partial charge is 0.356 e. The molecule has 0 fully saturated rings. The molecule has 0 saturated carbocycles.